The second-order valence-electron chi connectivity index (χ2n) is 16.2. The van der Waals surface area contributed by atoms with Crippen LogP contribution in [0.1, 0.15) is 71.4 Å². The Morgan fingerprint density at radius 2 is 1.08 bits per heavy atom. The number of likely N-dealkylation sites (tertiary alicyclic amines) is 2. The molecule has 0 bridgehead atoms. The van der Waals surface area contributed by atoms with Gasteiger partial charge in [-0.15, -0.1) is 10.2 Å². The van der Waals surface area contributed by atoms with Gasteiger partial charge in [0.15, 0.2) is 23.1 Å². The number of H-pyrrole nitrogens is 2. The molecule has 0 saturated carbocycles. The van der Waals surface area contributed by atoms with Gasteiger partial charge < -0.3 is 19.6 Å². The number of aromatic amines is 2. The lowest BCUT2D eigenvalue weighted by atomic mass is 9.95. The van der Waals surface area contributed by atoms with Crippen molar-refractivity contribution in [2.24, 2.45) is 0 Å². The van der Waals surface area contributed by atoms with Gasteiger partial charge in [-0.3, -0.25) is 9.59 Å². The second-order valence-corrected chi connectivity index (χ2v) is 18.0. The number of benzene rings is 4. The molecule has 0 atom stereocenters. The number of carbonyl (C=O) groups is 2. The quantitative estimate of drug-likeness (QED) is 0.0993. The summed E-state index contributed by atoms with van der Waals surface area (Å²) >= 11 is 16.4. The number of fused-ring (bicyclic) bond motifs is 2. The molecule has 0 unspecified atom stereocenters. The van der Waals surface area contributed by atoms with Gasteiger partial charge in [-0.2, -0.15) is 9.78 Å². The van der Waals surface area contributed by atoms with E-state index in [1.54, 1.807) is 12.2 Å². The highest BCUT2D eigenvalue weighted by atomic mass is 35.5. The molecule has 0 aliphatic carbocycles. The molecule has 6 aromatic rings. The Labute approximate surface area is 387 Å². The van der Waals surface area contributed by atoms with Gasteiger partial charge in [-0.25, -0.2) is 10.2 Å². The summed E-state index contributed by atoms with van der Waals surface area (Å²) in [4.78, 5) is 53.7. The Hall–Kier alpha value is -6.11. The molecule has 2 fully saturated rings. The van der Waals surface area contributed by atoms with Crippen LogP contribution in [0.5, 0.6) is 11.5 Å². The third-order valence-electron chi connectivity index (χ3n) is 12.3. The van der Waals surface area contributed by atoms with E-state index in [1.165, 1.54) is 11.8 Å². The molecular weight excluding hydrogens is 892 g/mol. The Bertz CT molecular complexity index is 2590. The monoisotopic (exact) mass is 932 g/mol. The number of halogens is 2. The average Bonchev–Trinajstić information content (AvgIpc) is 4.10. The number of aromatic nitrogens is 8. The number of tetrazole rings is 2. The molecule has 0 spiro atoms. The van der Waals surface area contributed by atoms with Crippen molar-refractivity contribution in [2.45, 2.75) is 60.2 Å². The minimum absolute atomic E-state index is 0.0859. The SMILES string of the molecule is O=C(/C=C/c1ccc(Sc2ccc(/C=C/C(=O)N3CCC(c4nnn[nH]4)CC3)c(-c3ccc4c(c3)CCOO4)c2Cl)c(Cl)c1-c1ccc2c(c1)CCOO2)N1CCC(c2nnn[nH]2)CC1. The lowest BCUT2D eigenvalue weighted by Gasteiger charge is -2.30. The van der Waals surface area contributed by atoms with E-state index in [0.29, 0.717) is 73.8 Å². The molecule has 4 aliphatic rings. The lowest BCUT2D eigenvalue weighted by molar-refractivity contribution is -0.215. The van der Waals surface area contributed by atoms with Crippen LogP contribution >= 0.6 is 35.0 Å². The number of hydrogen-bond donors (Lipinski definition) is 2. The van der Waals surface area contributed by atoms with Crippen LogP contribution in [0, 0.1) is 0 Å². The highest BCUT2D eigenvalue weighted by molar-refractivity contribution is 7.99. The van der Waals surface area contributed by atoms with E-state index in [2.05, 4.69) is 53.4 Å². The highest BCUT2D eigenvalue weighted by Gasteiger charge is 2.27. The summed E-state index contributed by atoms with van der Waals surface area (Å²) in [6.07, 6.45) is 11.3. The van der Waals surface area contributed by atoms with Gasteiger partial charge in [0.25, 0.3) is 0 Å². The first kappa shape index (κ1) is 42.8. The van der Waals surface area contributed by atoms with Crippen LogP contribution in [0.2, 0.25) is 10.0 Å². The Morgan fingerprint density at radius 3 is 1.49 bits per heavy atom. The third-order valence-corrected chi connectivity index (χ3v) is 14.5. The van der Waals surface area contributed by atoms with Crippen molar-refractivity contribution in [3.05, 3.63) is 117 Å². The predicted molar refractivity (Wildman–Crippen MR) is 242 cm³/mol. The standard InChI is InChI=1S/C46H42Cl2N10O6S/c47-43-37(9-3-27(41(43)33-1-7-35-31(25-33)17-23-61-63-35)5-11-39(59)57-19-13-29(14-20-57)45-49-53-54-50-45)65-38-10-4-28(42(44(38)48)34-2-8-36-32(26-34)18-24-62-64-36)6-12-40(60)58-21-15-30(16-22-58)46-51-55-56-52-46/h1-12,25-26,29-30H,13-24H2,(H,49,50,53,54)(H,51,52,55,56)/b11-5+,12-6+. The van der Waals surface area contributed by atoms with Crippen LogP contribution in [0.3, 0.4) is 0 Å². The van der Waals surface area contributed by atoms with Gasteiger partial charge in [-0.1, -0.05) is 59.2 Å². The third kappa shape index (κ3) is 9.24. The first-order valence-corrected chi connectivity index (χ1v) is 23.0. The number of hydrogen-bond acceptors (Lipinski definition) is 13. The van der Waals surface area contributed by atoms with Crippen molar-refractivity contribution in [3.63, 3.8) is 0 Å². The van der Waals surface area contributed by atoms with Gasteiger partial charge in [-0.05, 0) is 117 Å². The van der Waals surface area contributed by atoms with E-state index in [1.807, 2.05) is 70.5 Å². The predicted octanol–water partition coefficient (Wildman–Crippen LogP) is 8.08. The van der Waals surface area contributed by atoms with Crippen molar-refractivity contribution in [2.75, 3.05) is 39.4 Å². The zero-order valence-electron chi connectivity index (χ0n) is 34.9. The number of piperidine rings is 2. The van der Waals surface area contributed by atoms with Crippen molar-refractivity contribution in [1.82, 2.24) is 51.0 Å². The molecule has 10 rings (SSSR count). The number of amides is 2. The topological polar surface area (TPSA) is 186 Å². The Balaban J connectivity index is 0.954. The van der Waals surface area contributed by atoms with Crippen LogP contribution in [0.25, 0.3) is 34.4 Å². The fraction of sp³-hybridized carbons (Fsp3) is 0.304. The van der Waals surface area contributed by atoms with Gasteiger partial charge in [0.05, 0.1) is 23.3 Å². The van der Waals surface area contributed by atoms with Crippen molar-refractivity contribution >= 4 is 58.9 Å². The van der Waals surface area contributed by atoms with Gasteiger partial charge >= 0.3 is 0 Å². The molecule has 65 heavy (non-hydrogen) atoms. The highest BCUT2D eigenvalue weighted by Crippen LogP contribution is 2.47. The summed E-state index contributed by atoms with van der Waals surface area (Å²) in [5.74, 6) is 2.99. The van der Waals surface area contributed by atoms with Gasteiger partial charge in [0, 0.05) is 95.1 Å². The van der Waals surface area contributed by atoms with E-state index in [4.69, 9.17) is 42.8 Å². The van der Waals surface area contributed by atoms with Gasteiger partial charge in [0.1, 0.15) is 0 Å². The maximum Gasteiger partial charge on any atom is 0.246 e. The molecule has 4 aromatic carbocycles. The number of rotatable bonds is 10. The van der Waals surface area contributed by atoms with E-state index in [0.717, 1.165) is 91.6 Å². The molecule has 2 N–H and O–H groups in total. The molecule has 6 heterocycles. The van der Waals surface area contributed by atoms with Crippen molar-refractivity contribution in [1.29, 1.82) is 0 Å². The van der Waals surface area contributed by atoms with Crippen molar-refractivity contribution in [3.8, 4) is 33.8 Å². The Morgan fingerprint density at radius 1 is 0.631 bits per heavy atom. The van der Waals surface area contributed by atoms with Crippen molar-refractivity contribution < 1.29 is 29.1 Å². The molecule has 4 aliphatic heterocycles. The first-order chi connectivity index (χ1) is 31.9. The summed E-state index contributed by atoms with van der Waals surface area (Å²) in [6.45, 7) is 3.22. The van der Waals surface area contributed by atoms with Crippen LogP contribution in [0.15, 0.2) is 82.6 Å². The fourth-order valence-corrected chi connectivity index (χ4v) is 10.5. The van der Waals surface area contributed by atoms with Crippen LogP contribution in [-0.2, 0) is 32.2 Å². The maximum absolute atomic E-state index is 13.6. The zero-order chi connectivity index (χ0) is 44.3. The molecule has 2 saturated heterocycles. The van der Waals surface area contributed by atoms with Gasteiger partial charge in [0.2, 0.25) is 11.8 Å². The molecule has 19 heteroatoms. The van der Waals surface area contributed by atoms with E-state index >= 15 is 0 Å². The number of nitrogens with zero attached hydrogens (tertiary/aromatic N) is 8. The average molecular weight is 934 g/mol. The van der Waals surface area contributed by atoms with Crippen LogP contribution in [0.4, 0.5) is 0 Å². The zero-order valence-corrected chi connectivity index (χ0v) is 37.2. The lowest BCUT2D eigenvalue weighted by Crippen LogP contribution is -2.37. The molecule has 332 valence electrons. The Kier molecular flexibility index (Phi) is 12.6. The smallest absolute Gasteiger partial charge is 0.246 e. The van der Waals surface area contributed by atoms with Crippen LogP contribution < -0.4 is 9.78 Å². The summed E-state index contributed by atoms with van der Waals surface area (Å²) < 4.78 is 0. The summed E-state index contributed by atoms with van der Waals surface area (Å²) in [5, 5.41) is 29.7. The number of carbonyl (C=O) groups excluding carboxylic acids is 2. The molecule has 0 radical (unpaired) electrons. The van der Waals surface area contributed by atoms with E-state index in [-0.39, 0.29) is 23.7 Å². The number of nitrogens with one attached hydrogen (secondary N) is 2. The normalized spacial score (nSPS) is 17.0. The minimum Gasteiger partial charge on any atom is -0.339 e. The summed E-state index contributed by atoms with van der Waals surface area (Å²) in [6, 6.07) is 19.6. The fourth-order valence-electron chi connectivity index (χ4n) is 8.78. The largest absolute Gasteiger partial charge is 0.339 e. The first-order valence-electron chi connectivity index (χ1n) is 21.5. The maximum atomic E-state index is 13.6. The molecule has 16 nitrogen and oxygen atoms in total. The second kappa shape index (κ2) is 19.2. The van der Waals surface area contributed by atoms with E-state index < -0.39 is 0 Å². The molecule has 2 aromatic heterocycles. The minimum atomic E-state index is -0.0859. The van der Waals surface area contributed by atoms with Crippen LogP contribution in [-0.4, -0.2) is 102 Å². The summed E-state index contributed by atoms with van der Waals surface area (Å²) in [7, 11) is 0. The molecule has 2 amide bonds. The summed E-state index contributed by atoms with van der Waals surface area (Å²) in [5.41, 5.74) is 6.80. The van der Waals surface area contributed by atoms with E-state index in [9.17, 15) is 9.59 Å². The molecular formula is C46H42Cl2N10O6S.